The van der Waals surface area contributed by atoms with Crippen LogP contribution in [-0.2, 0) is 9.53 Å². The summed E-state index contributed by atoms with van der Waals surface area (Å²) in [6, 6.07) is 0.122. The Hall–Kier alpha value is -0.650. The van der Waals surface area contributed by atoms with E-state index in [0.29, 0.717) is 19.6 Å². The Labute approximate surface area is 102 Å². The van der Waals surface area contributed by atoms with Crippen LogP contribution in [0.2, 0.25) is 0 Å². The van der Waals surface area contributed by atoms with Crippen LogP contribution in [0.3, 0.4) is 0 Å². The molecule has 2 aliphatic rings. The summed E-state index contributed by atoms with van der Waals surface area (Å²) in [5, 5.41) is 9.72. The summed E-state index contributed by atoms with van der Waals surface area (Å²) in [4.78, 5) is 16.1. The average Bonchev–Trinajstić information content (AvgIpc) is 2.85. The molecule has 0 spiro atoms. The van der Waals surface area contributed by atoms with Gasteiger partial charge in [-0.15, -0.1) is 0 Å². The molecule has 0 aromatic rings. The lowest BCUT2D eigenvalue weighted by atomic mass is 10.1. The van der Waals surface area contributed by atoms with Gasteiger partial charge in [-0.1, -0.05) is 0 Å². The van der Waals surface area contributed by atoms with Crippen LogP contribution in [0.15, 0.2) is 0 Å². The molecule has 2 rings (SSSR count). The number of rotatable bonds is 3. The third kappa shape index (κ3) is 2.97. The molecule has 2 fully saturated rings. The van der Waals surface area contributed by atoms with Gasteiger partial charge in [0.2, 0.25) is 0 Å². The molecule has 5 nitrogen and oxygen atoms in total. The van der Waals surface area contributed by atoms with E-state index in [2.05, 4.69) is 4.90 Å². The van der Waals surface area contributed by atoms with Crippen LogP contribution in [0, 0.1) is 0 Å². The van der Waals surface area contributed by atoms with E-state index in [1.807, 2.05) is 14.1 Å². The van der Waals surface area contributed by atoms with E-state index < -0.39 is 0 Å². The second-order valence-electron chi connectivity index (χ2n) is 5.30. The van der Waals surface area contributed by atoms with Gasteiger partial charge in [-0.3, -0.25) is 4.79 Å². The Morgan fingerprint density at radius 2 is 2.29 bits per heavy atom. The zero-order valence-corrected chi connectivity index (χ0v) is 10.6. The van der Waals surface area contributed by atoms with E-state index in [0.717, 1.165) is 19.4 Å². The van der Waals surface area contributed by atoms with Crippen molar-refractivity contribution < 1.29 is 14.6 Å². The lowest BCUT2D eigenvalue weighted by Crippen LogP contribution is -2.45. The first-order valence-corrected chi connectivity index (χ1v) is 6.33. The Kier molecular flexibility index (Phi) is 4.01. The maximum Gasteiger partial charge on any atom is 0.252 e. The van der Waals surface area contributed by atoms with Crippen molar-refractivity contribution >= 4 is 5.91 Å². The maximum atomic E-state index is 12.3. The molecule has 2 unspecified atom stereocenters. The summed E-state index contributed by atoms with van der Waals surface area (Å²) in [6.07, 6.45) is 1.80. The predicted molar refractivity (Wildman–Crippen MR) is 63.7 cm³/mol. The molecule has 0 aliphatic carbocycles. The van der Waals surface area contributed by atoms with Gasteiger partial charge < -0.3 is 19.6 Å². The first kappa shape index (κ1) is 12.8. The lowest BCUT2D eigenvalue weighted by molar-refractivity contribution is -0.142. The summed E-state index contributed by atoms with van der Waals surface area (Å²) >= 11 is 0. The highest BCUT2D eigenvalue weighted by Gasteiger charge is 2.38. The van der Waals surface area contributed by atoms with Crippen LogP contribution in [0.5, 0.6) is 0 Å². The van der Waals surface area contributed by atoms with Gasteiger partial charge in [0.05, 0.1) is 6.10 Å². The van der Waals surface area contributed by atoms with Crippen LogP contribution in [-0.4, -0.2) is 72.9 Å². The smallest absolute Gasteiger partial charge is 0.252 e. The summed E-state index contributed by atoms with van der Waals surface area (Å²) in [6.45, 7) is 1.94. The Bertz CT molecular complexity index is 277. The summed E-state index contributed by atoms with van der Waals surface area (Å²) in [7, 11) is 3.97. The summed E-state index contributed by atoms with van der Waals surface area (Å²) < 4.78 is 5.43. The molecule has 2 aliphatic heterocycles. The van der Waals surface area contributed by atoms with Gasteiger partial charge in [-0.2, -0.15) is 0 Å². The number of amides is 1. The van der Waals surface area contributed by atoms with Crippen molar-refractivity contribution in [2.75, 3.05) is 33.8 Å². The third-order valence-electron chi connectivity index (χ3n) is 3.46. The number of aliphatic hydroxyl groups excluding tert-OH is 1. The number of hydrogen-bond acceptors (Lipinski definition) is 4. The molecule has 0 aromatic carbocycles. The quantitative estimate of drug-likeness (QED) is 0.737. The molecule has 0 saturated carbocycles. The first-order valence-electron chi connectivity index (χ1n) is 6.33. The number of nitrogens with zero attached hydrogens (tertiary/aromatic N) is 2. The molecule has 5 heteroatoms. The van der Waals surface area contributed by atoms with Crippen LogP contribution >= 0.6 is 0 Å². The van der Waals surface area contributed by atoms with Crippen molar-refractivity contribution in [1.29, 1.82) is 0 Å². The zero-order valence-electron chi connectivity index (χ0n) is 10.6. The molecular weight excluding hydrogens is 220 g/mol. The van der Waals surface area contributed by atoms with E-state index in [1.54, 1.807) is 4.90 Å². The molecular formula is C12H22N2O3. The second kappa shape index (κ2) is 5.33. The minimum Gasteiger partial charge on any atom is -0.391 e. The van der Waals surface area contributed by atoms with Crippen molar-refractivity contribution in [3.05, 3.63) is 0 Å². The van der Waals surface area contributed by atoms with Crippen molar-refractivity contribution in [3.8, 4) is 0 Å². The normalized spacial score (nSPS) is 33.6. The summed E-state index contributed by atoms with van der Waals surface area (Å²) in [5.41, 5.74) is 0. The zero-order chi connectivity index (χ0) is 12.4. The SMILES string of the molecule is CN(C)CC1CC(O)CN1C(=O)[C@@H]1CCCO1. The van der Waals surface area contributed by atoms with Crippen molar-refractivity contribution in [2.24, 2.45) is 0 Å². The number of carbonyl (C=O) groups is 1. The van der Waals surface area contributed by atoms with Crippen molar-refractivity contribution in [3.63, 3.8) is 0 Å². The van der Waals surface area contributed by atoms with Crippen LogP contribution in [0.4, 0.5) is 0 Å². The van der Waals surface area contributed by atoms with E-state index in [-0.39, 0.29) is 24.2 Å². The molecule has 0 radical (unpaired) electrons. The fraction of sp³-hybridized carbons (Fsp3) is 0.917. The van der Waals surface area contributed by atoms with Gasteiger partial charge in [0, 0.05) is 25.7 Å². The molecule has 3 atom stereocenters. The number of aliphatic hydroxyl groups is 1. The molecule has 17 heavy (non-hydrogen) atoms. The molecule has 1 amide bonds. The number of β-amino-alcohol motifs (C(OH)–C–C–N with tert-alkyl or cyclic N) is 1. The highest BCUT2D eigenvalue weighted by molar-refractivity contribution is 5.81. The fourth-order valence-corrected chi connectivity index (χ4v) is 2.71. The van der Waals surface area contributed by atoms with E-state index in [9.17, 15) is 9.90 Å². The molecule has 1 N–H and O–H groups in total. The summed E-state index contributed by atoms with van der Waals surface area (Å²) in [5.74, 6) is 0.0610. The standard InChI is InChI=1S/C12H22N2O3/c1-13(2)7-9-6-10(15)8-14(9)12(16)11-4-3-5-17-11/h9-11,15H,3-8H2,1-2H3/t9?,10?,11-/m0/s1. The van der Waals surface area contributed by atoms with Gasteiger partial charge in [0.15, 0.2) is 0 Å². The first-order chi connectivity index (χ1) is 8.08. The molecule has 98 valence electrons. The lowest BCUT2D eigenvalue weighted by Gasteiger charge is -2.28. The van der Waals surface area contributed by atoms with Crippen LogP contribution in [0.1, 0.15) is 19.3 Å². The minimum atomic E-state index is -0.384. The molecule has 0 bridgehead atoms. The molecule has 2 saturated heterocycles. The van der Waals surface area contributed by atoms with Crippen LogP contribution in [0.25, 0.3) is 0 Å². The van der Waals surface area contributed by atoms with Gasteiger partial charge in [0.25, 0.3) is 5.91 Å². The number of carbonyl (C=O) groups excluding carboxylic acids is 1. The molecule has 2 heterocycles. The fourth-order valence-electron chi connectivity index (χ4n) is 2.71. The highest BCUT2D eigenvalue weighted by Crippen LogP contribution is 2.23. The topological polar surface area (TPSA) is 53.0 Å². The monoisotopic (exact) mass is 242 g/mol. The van der Waals surface area contributed by atoms with Gasteiger partial charge in [0.1, 0.15) is 6.10 Å². The predicted octanol–water partition coefficient (Wildman–Crippen LogP) is -0.311. The average molecular weight is 242 g/mol. The Morgan fingerprint density at radius 1 is 1.53 bits per heavy atom. The van der Waals surface area contributed by atoms with Gasteiger partial charge in [-0.25, -0.2) is 0 Å². The van der Waals surface area contributed by atoms with Crippen molar-refractivity contribution in [2.45, 2.75) is 37.5 Å². The largest absolute Gasteiger partial charge is 0.391 e. The minimum absolute atomic E-state index is 0.0610. The van der Waals surface area contributed by atoms with Crippen molar-refractivity contribution in [1.82, 2.24) is 9.80 Å². The van der Waals surface area contributed by atoms with E-state index in [4.69, 9.17) is 4.74 Å². The Morgan fingerprint density at radius 3 is 2.88 bits per heavy atom. The van der Waals surface area contributed by atoms with Crippen LogP contribution < -0.4 is 0 Å². The Balaban J connectivity index is 1.98. The maximum absolute atomic E-state index is 12.3. The molecule has 0 aromatic heterocycles. The number of ether oxygens (including phenoxy) is 1. The number of likely N-dealkylation sites (tertiary alicyclic amines) is 1. The van der Waals surface area contributed by atoms with Gasteiger partial charge >= 0.3 is 0 Å². The third-order valence-corrected chi connectivity index (χ3v) is 3.46. The van der Waals surface area contributed by atoms with E-state index in [1.165, 1.54) is 0 Å². The number of likely N-dealkylation sites (N-methyl/N-ethyl adjacent to an activating group) is 1. The number of hydrogen-bond donors (Lipinski definition) is 1. The van der Waals surface area contributed by atoms with Gasteiger partial charge in [-0.05, 0) is 33.4 Å². The second-order valence-corrected chi connectivity index (χ2v) is 5.30. The highest BCUT2D eigenvalue weighted by atomic mass is 16.5. The van der Waals surface area contributed by atoms with E-state index >= 15 is 0 Å².